The Bertz CT molecular complexity index is 3270. The number of benzene rings is 8. The lowest BCUT2D eigenvalue weighted by molar-refractivity contribution is 0.632. The Kier molecular flexibility index (Phi) is 7.64. The standard InChI is InChI=1S/C52H33FN4/c53-47-30-38(23-26-42(47)36-11-3-1-4-12-36)34-19-21-35(22-20-34)40-32-54-52(55-33-40)57-49-18-10-8-16-44(49)46-29-37(25-28-50(46)57)39-24-27-45-43-15-7-9-17-48(43)56(51(45)31-39)41-13-5-2-6-14-41/h1-33H. The Morgan fingerprint density at radius 2 is 0.842 bits per heavy atom. The van der Waals surface area contributed by atoms with Crippen LogP contribution in [-0.4, -0.2) is 19.1 Å². The summed E-state index contributed by atoms with van der Waals surface area (Å²) in [5, 5.41) is 4.76. The normalized spacial score (nSPS) is 11.6. The van der Waals surface area contributed by atoms with Crippen LogP contribution in [0.15, 0.2) is 200 Å². The molecule has 57 heavy (non-hydrogen) atoms. The fraction of sp³-hybridized carbons (Fsp3) is 0. The maximum absolute atomic E-state index is 15.1. The highest BCUT2D eigenvalue weighted by Crippen LogP contribution is 2.38. The predicted octanol–water partition coefficient (Wildman–Crippen LogP) is 13.5. The molecule has 0 fully saturated rings. The average Bonchev–Trinajstić information content (AvgIpc) is 3.79. The zero-order valence-corrected chi connectivity index (χ0v) is 30.7. The van der Waals surface area contributed by atoms with Crippen molar-refractivity contribution in [3.8, 4) is 56.1 Å². The molecule has 11 aromatic rings. The first kappa shape index (κ1) is 32.8. The minimum atomic E-state index is -0.238. The summed E-state index contributed by atoms with van der Waals surface area (Å²) in [6.07, 6.45) is 3.75. The number of para-hydroxylation sites is 3. The first-order valence-electron chi connectivity index (χ1n) is 19.1. The van der Waals surface area contributed by atoms with Crippen molar-refractivity contribution < 1.29 is 4.39 Å². The quantitative estimate of drug-likeness (QED) is 0.171. The molecule has 0 atom stereocenters. The molecule has 0 unspecified atom stereocenters. The van der Waals surface area contributed by atoms with Gasteiger partial charge in [-0.25, -0.2) is 14.4 Å². The molecular weight excluding hydrogens is 700 g/mol. The zero-order valence-electron chi connectivity index (χ0n) is 30.7. The van der Waals surface area contributed by atoms with E-state index in [4.69, 9.17) is 9.97 Å². The second-order valence-corrected chi connectivity index (χ2v) is 14.4. The van der Waals surface area contributed by atoms with Gasteiger partial charge in [0.1, 0.15) is 5.82 Å². The molecule has 5 heteroatoms. The topological polar surface area (TPSA) is 35.6 Å². The van der Waals surface area contributed by atoms with Gasteiger partial charge >= 0.3 is 0 Å². The predicted molar refractivity (Wildman–Crippen MR) is 232 cm³/mol. The van der Waals surface area contributed by atoms with Crippen molar-refractivity contribution in [3.05, 3.63) is 206 Å². The van der Waals surface area contributed by atoms with E-state index in [9.17, 15) is 0 Å². The molecule has 4 nitrogen and oxygen atoms in total. The fourth-order valence-corrected chi connectivity index (χ4v) is 8.36. The Balaban J connectivity index is 0.934. The van der Waals surface area contributed by atoms with Crippen LogP contribution < -0.4 is 0 Å². The van der Waals surface area contributed by atoms with Gasteiger partial charge in [-0.05, 0) is 81.9 Å². The van der Waals surface area contributed by atoms with E-state index >= 15 is 4.39 Å². The van der Waals surface area contributed by atoms with Crippen LogP contribution in [0, 0.1) is 5.82 Å². The lowest BCUT2D eigenvalue weighted by Crippen LogP contribution is -2.00. The van der Waals surface area contributed by atoms with Crippen molar-refractivity contribution in [2.45, 2.75) is 0 Å². The summed E-state index contributed by atoms with van der Waals surface area (Å²) < 4.78 is 19.7. The van der Waals surface area contributed by atoms with Gasteiger partial charge in [-0.3, -0.25) is 4.57 Å². The molecule has 0 N–H and O–H groups in total. The monoisotopic (exact) mass is 732 g/mol. The van der Waals surface area contributed by atoms with Gasteiger partial charge in [0.25, 0.3) is 0 Å². The Morgan fingerprint density at radius 3 is 1.56 bits per heavy atom. The third-order valence-electron chi connectivity index (χ3n) is 11.1. The number of hydrogen-bond donors (Lipinski definition) is 0. The maximum Gasteiger partial charge on any atom is 0.234 e. The van der Waals surface area contributed by atoms with E-state index in [-0.39, 0.29) is 5.82 Å². The van der Waals surface area contributed by atoms with E-state index in [2.05, 4.69) is 124 Å². The first-order valence-corrected chi connectivity index (χ1v) is 19.1. The summed E-state index contributed by atoms with van der Waals surface area (Å²) >= 11 is 0. The van der Waals surface area contributed by atoms with Crippen molar-refractivity contribution >= 4 is 43.6 Å². The number of nitrogens with zero attached hydrogens (tertiary/aromatic N) is 4. The summed E-state index contributed by atoms with van der Waals surface area (Å²) in [7, 11) is 0. The van der Waals surface area contributed by atoms with Gasteiger partial charge in [-0.1, -0.05) is 140 Å². The molecular formula is C52H33FN4. The Labute approximate surface area is 328 Å². The molecule has 3 aromatic heterocycles. The highest BCUT2D eigenvalue weighted by atomic mass is 19.1. The molecule has 0 bridgehead atoms. The largest absolute Gasteiger partial charge is 0.309 e. The smallest absolute Gasteiger partial charge is 0.234 e. The highest BCUT2D eigenvalue weighted by Gasteiger charge is 2.17. The molecule has 0 aliphatic heterocycles. The summed E-state index contributed by atoms with van der Waals surface area (Å²) in [5.41, 5.74) is 13.0. The van der Waals surface area contributed by atoms with E-state index in [0.717, 1.165) is 66.4 Å². The van der Waals surface area contributed by atoms with Gasteiger partial charge in [0, 0.05) is 50.8 Å². The van der Waals surface area contributed by atoms with Crippen molar-refractivity contribution in [1.29, 1.82) is 0 Å². The molecule has 0 radical (unpaired) electrons. The van der Waals surface area contributed by atoms with E-state index in [1.165, 1.54) is 21.8 Å². The van der Waals surface area contributed by atoms with Crippen LogP contribution in [0.4, 0.5) is 4.39 Å². The molecule has 0 aliphatic carbocycles. The lowest BCUT2D eigenvalue weighted by atomic mass is 9.98. The molecule has 11 rings (SSSR count). The molecule has 0 aliphatic rings. The maximum atomic E-state index is 15.1. The van der Waals surface area contributed by atoms with Crippen LogP contribution in [0.5, 0.6) is 0 Å². The van der Waals surface area contributed by atoms with Crippen LogP contribution >= 0.6 is 0 Å². The molecule has 3 heterocycles. The Hall–Kier alpha value is -7.63. The van der Waals surface area contributed by atoms with Crippen LogP contribution in [0.3, 0.4) is 0 Å². The zero-order chi connectivity index (χ0) is 37.9. The van der Waals surface area contributed by atoms with E-state index in [1.807, 2.05) is 79.1 Å². The lowest BCUT2D eigenvalue weighted by Gasteiger charge is -2.10. The summed E-state index contributed by atoms with van der Waals surface area (Å²) in [6.45, 7) is 0. The fourth-order valence-electron chi connectivity index (χ4n) is 8.36. The SMILES string of the molecule is Fc1cc(-c2ccc(-c3cnc(-n4c5ccccc5c5cc(-c6ccc7c8ccccc8n(-c8ccccc8)c7c6)ccc54)nc3)cc2)ccc1-c1ccccc1. The van der Waals surface area contributed by atoms with Crippen LogP contribution in [0.1, 0.15) is 0 Å². The average molecular weight is 733 g/mol. The third-order valence-corrected chi connectivity index (χ3v) is 11.1. The number of rotatable bonds is 6. The highest BCUT2D eigenvalue weighted by molar-refractivity contribution is 6.12. The minimum Gasteiger partial charge on any atom is -0.309 e. The van der Waals surface area contributed by atoms with Gasteiger partial charge in [0.05, 0.1) is 22.1 Å². The summed E-state index contributed by atoms with van der Waals surface area (Å²) in [5.74, 6) is 0.370. The number of hydrogen-bond acceptors (Lipinski definition) is 2. The van der Waals surface area contributed by atoms with Crippen LogP contribution in [0.25, 0.3) is 99.8 Å². The van der Waals surface area contributed by atoms with E-state index in [0.29, 0.717) is 11.5 Å². The van der Waals surface area contributed by atoms with Crippen molar-refractivity contribution in [2.24, 2.45) is 0 Å². The molecule has 0 saturated heterocycles. The second-order valence-electron chi connectivity index (χ2n) is 14.4. The van der Waals surface area contributed by atoms with Gasteiger partial charge in [-0.15, -0.1) is 0 Å². The number of aromatic nitrogens is 4. The van der Waals surface area contributed by atoms with Gasteiger partial charge in [0.2, 0.25) is 5.95 Å². The number of fused-ring (bicyclic) bond motifs is 6. The van der Waals surface area contributed by atoms with Crippen molar-refractivity contribution in [1.82, 2.24) is 19.1 Å². The molecule has 0 amide bonds. The molecule has 0 spiro atoms. The van der Waals surface area contributed by atoms with E-state index < -0.39 is 0 Å². The molecule has 8 aromatic carbocycles. The van der Waals surface area contributed by atoms with Gasteiger partial charge in [0.15, 0.2) is 0 Å². The van der Waals surface area contributed by atoms with Crippen molar-refractivity contribution in [3.63, 3.8) is 0 Å². The summed E-state index contributed by atoms with van der Waals surface area (Å²) in [6, 6.07) is 64.3. The molecule has 0 saturated carbocycles. The van der Waals surface area contributed by atoms with Gasteiger partial charge < -0.3 is 4.57 Å². The van der Waals surface area contributed by atoms with Crippen LogP contribution in [0.2, 0.25) is 0 Å². The van der Waals surface area contributed by atoms with Crippen LogP contribution in [-0.2, 0) is 0 Å². The molecule has 268 valence electrons. The first-order chi connectivity index (χ1) is 28.2. The minimum absolute atomic E-state index is 0.238. The third kappa shape index (κ3) is 5.51. The summed E-state index contributed by atoms with van der Waals surface area (Å²) in [4.78, 5) is 9.80. The number of halogens is 1. The van der Waals surface area contributed by atoms with E-state index in [1.54, 1.807) is 6.07 Å². The van der Waals surface area contributed by atoms with Gasteiger partial charge in [-0.2, -0.15) is 0 Å². The van der Waals surface area contributed by atoms with Crippen molar-refractivity contribution in [2.75, 3.05) is 0 Å². The Morgan fingerprint density at radius 1 is 0.333 bits per heavy atom. The second kappa shape index (κ2) is 13.3.